The van der Waals surface area contributed by atoms with E-state index in [0.29, 0.717) is 12.8 Å². The van der Waals surface area contributed by atoms with Gasteiger partial charge in [-0.1, -0.05) is 19.3 Å². The molecule has 0 unspecified atom stereocenters. The molecule has 0 radical (unpaired) electrons. The first-order chi connectivity index (χ1) is 9.69. The van der Waals surface area contributed by atoms with E-state index < -0.39 is 12.0 Å². The predicted octanol–water partition coefficient (Wildman–Crippen LogP) is 2.31. The van der Waals surface area contributed by atoms with Crippen LogP contribution in [-0.4, -0.2) is 25.0 Å². The second-order valence-corrected chi connectivity index (χ2v) is 5.32. The van der Waals surface area contributed by atoms with Crippen LogP contribution in [0.1, 0.15) is 57.8 Å². The Morgan fingerprint density at radius 1 is 1.30 bits per heavy atom. The molecule has 0 spiro atoms. The standard InChI is InChI=1S/C15H24N2O3/c1-20-15(19)13(10-6-3-7-11-16)17-14(18)12-8-4-2-5-9-12/h12-13H,2-10H2,1H3,(H,17,18)/t13-/m0/s1. The molecule has 1 saturated carbocycles. The molecule has 1 amide bonds. The van der Waals surface area contributed by atoms with Crippen molar-refractivity contribution in [3.8, 4) is 6.07 Å². The minimum atomic E-state index is -0.576. The molecule has 5 heteroatoms. The fraction of sp³-hybridized carbons (Fsp3) is 0.800. The molecule has 0 bridgehead atoms. The number of nitriles is 1. The van der Waals surface area contributed by atoms with Crippen molar-refractivity contribution in [2.24, 2.45) is 5.92 Å². The number of esters is 1. The summed E-state index contributed by atoms with van der Waals surface area (Å²) in [6.07, 6.45) is 7.67. The van der Waals surface area contributed by atoms with Gasteiger partial charge < -0.3 is 10.1 Å². The molecular formula is C15H24N2O3. The Morgan fingerprint density at radius 2 is 2.00 bits per heavy atom. The second kappa shape index (κ2) is 9.35. The number of amides is 1. The third-order valence-corrected chi connectivity index (χ3v) is 3.81. The quantitative estimate of drug-likeness (QED) is 0.573. The van der Waals surface area contributed by atoms with Gasteiger partial charge in [-0.2, -0.15) is 5.26 Å². The van der Waals surface area contributed by atoms with Gasteiger partial charge in [0, 0.05) is 12.3 Å². The van der Waals surface area contributed by atoms with Gasteiger partial charge in [0.25, 0.3) is 0 Å². The summed E-state index contributed by atoms with van der Waals surface area (Å²) in [6, 6.07) is 1.50. The largest absolute Gasteiger partial charge is 0.467 e. The predicted molar refractivity (Wildman–Crippen MR) is 74.6 cm³/mol. The molecule has 1 aliphatic rings. The highest BCUT2D eigenvalue weighted by atomic mass is 16.5. The maximum atomic E-state index is 12.1. The average molecular weight is 280 g/mol. The first kappa shape index (κ1) is 16.5. The molecule has 0 aromatic heterocycles. The highest BCUT2D eigenvalue weighted by Crippen LogP contribution is 2.24. The van der Waals surface area contributed by atoms with E-state index in [0.717, 1.165) is 38.5 Å². The number of carbonyl (C=O) groups excluding carboxylic acids is 2. The Bertz CT molecular complexity index is 357. The minimum absolute atomic E-state index is 0.0274. The number of rotatable bonds is 7. The van der Waals surface area contributed by atoms with E-state index >= 15 is 0 Å². The van der Waals surface area contributed by atoms with Crippen molar-refractivity contribution < 1.29 is 14.3 Å². The molecule has 1 fully saturated rings. The van der Waals surface area contributed by atoms with E-state index in [1.807, 2.05) is 0 Å². The Balaban J connectivity index is 2.44. The molecule has 20 heavy (non-hydrogen) atoms. The monoisotopic (exact) mass is 280 g/mol. The van der Waals surface area contributed by atoms with Gasteiger partial charge >= 0.3 is 5.97 Å². The summed E-state index contributed by atoms with van der Waals surface area (Å²) in [4.78, 5) is 23.8. The Morgan fingerprint density at radius 3 is 2.60 bits per heavy atom. The Hall–Kier alpha value is -1.57. The molecule has 0 saturated heterocycles. The number of nitrogens with zero attached hydrogens (tertiary/aromatic N) is 1. The molecule has 1 N–H and O–H groups in total. The van der Waals surface area contributed by atoms with Gasteiger partial charge in [-0.15, -0.1) is 0 Å². The summed E-state index contributed by atoms with van der Waals surface area (Å²) in [7, 11) is 1.33. The molecule has 1 aliphatic carbocycles. The SMILES string of the molecule is COC(=O)[C@H](CCCCC#N)NC(=O)C1CCCCC1. The van der Waals surface area contributed by atoms with Crippen molar-refractivity contribution >= 4 is 11.9 Å². The second-order valence-electron chi connectivity index (χ2n) is 5.32. The Kier molecular flexibility index (Phi) is 7.71. The number of hydrogen-bond donors (Lipinski definition) is 1. The fourth-order valence-electron chi connectivity index (χ4n) is 2.60. The summed E-state index contributed by atoms with van der Waals surface area (Å²) in [6.45, 7) is 0. The van der Waals surface area contributed by atoms with E-state index in [2.05, 4.69) is 11.4 Å². The molecule has 5 nitrogen and oxygen atoms in total. The third kappa shape index (κ3) is 5.60. The lowest BCUT2D eigenvalue weighted by Crippen LogP contribution is -2.44. The van der Waals surface area contributed by atoms with Crippen LogP contribution in [0.5, 0.6) is 0 Å². The van der Waals surface area contributed by atoms with Crippen LogP contribution in [-0.2, 0) is 14.3 Å². The zero-order chi connectivity index (χ0) is 14.8. The molecule has 1 rings (SSSR count). The van der Waals surface area contributed by atoms with Crippen LogP contribution in [0.2, 0.25) is 0 Å². The van der Waals surface area contributed by atoms with E-state index in [1.165, 1.54) is 13.5 Å². The van der Waals surface area contributed by atoms with E-state index in [-0.39, 0.29) is 11.8 Å². The van der Waals surface area contributed by atoms with E-state index in [1.54, 1.807) is 0 Å². The highest BCUT2D eigenvalue weighted by molar-refractivity contribution is 5.85. The molecule has 0 heterocycles. The van der Waals surface area contributed by atoms with Gasteiger partial charge in [-0.25, -0.2) is 4.79 Å². The summed E-state index contributed by atoms with van der Waals surface area (Å²) in [5.41, 5.74) is 0. The van der Waals surface area contributed by atoms with Crippen LogP contribution in [0.3, 0.4) is 0 Å². The molecule has 0 aliphatic heterocycles. The molecule has 1 atom stereocenters. The first-order valence-corrected chi connectivity index (χ1v) is 7.44. The Labute approximate surface area is 120 Å². The molecule has 0 aromatic rings. The normalized spacial score (nSPS) is 17.0. The van der Waals surface area contributed by atoms with Gasteiger partial charge in [0.15, 0.2) is 0 Å². The van der Waals surface area contributed by atoms with E-state index in [4.69, 9.17) is 10.00 Å². The maximum absolute atomic E-state index is 12.1. The van der Waals surface area contributed by atoms with Gasteiger partial charge in [0.1, 0.15) is 6.04 Å². The molecular weight excluding hydrogens is 256 g/mol. The van der Waals surface area contributed by atoms with Crippen molar-refractivity contribution in [3.05, 3.63) is 0 Å². The van der Waals surface area contributed by atoms with Crippen molar-refractivity contribution in [1.82, 2.24) is 5.32 Å². The number of methoxy groups -OCH3 is 1. The zero-order valence-electron chi connectivity index (χ0n) is 12.2. The van der Waals surface area contributed by atoms with E-state index in [9.17, 15) is 9.59 Å². The van der Waals surface area contributed by atoms with Crippen molar-refractivity contribution in [1.29, 1.82) is 5.26 Å². The van der Waals surface area contributed by atoms with Crippen LogP contribution < -0.4 is 5.32 Å². The van der Waals surface area contributed by atoms with Crippen LogP contribution in [0.25, 0.3) is 0 Å². The van der Waals surface area contributed by atoms with Gasteiger partial charge in [0.2, 0.25) is 5.91 Å². The van der Waals surface area contributed by atoms with Crippen molar-refractivity contribution in [3.63, 3.8) is 0 Å². The lowest BCUT2D eigenvalue weighted by atomic mass is 9.88. The van der Waals surface area contributed by atoms with Crippen LogP contribution >= 0.6 is 0 Å². The lowest BCUT2D eigenvalue weighted by molar-refractivity contribution is -0.146. The van der Waals surface area contributed by atoms with Crippen LogP contribution in [0, 0.1) is 17.2 Å². The average Bonchev–Trinajstić information content (AvgIpc) is 2.50. The van der Waals surface area contributed by atoms with Gasteiger partial charge in [-0.05, 0) is 32.1 Å². The fourth-order valence-corrected chi connectivity index (χ4v) is 2.60. The number of ether oxygens (including phenoxy) is 1. The summed E-state index contributed by atoms with van der Waals surface area (Å²) in [5, 5.41) is 11.3. The summed E-state index contributed by atoms with van der Waals surface area (Å²) < 4.78 is 4.74. The number of nitrogens with one attached hydrogen (secondary N) is 1. The van der Waals surface area contributed by atoms with Crippen molar-refractivity contribution in [2.45, 2.75) is 63.8 Å². The van der Waals surface area contributed by atoms with Gasteiger partial charge in [0.05, 0.1) is 13.2 Å². The van der Waals surface area contributed by atoms with Crippen molar-refractivity contribution in [2.75, 3.05) is 7.11 Å². The molecule has 0 aromatic carbocycles. The zero-order valence-corrected chi connectivity index (χ0v) is 12.2. The third-order valence-electron chi connectivity index (χ3n) is 3.81. The molecule has 112 valence electrons. The topological polar surface area (TPSA) is 79.2 Å². The lowest BCUT2D eigenvalue weighted by Gasteiger charge is -2.23. The summed E-state index contributed by atoms with van der Waals surface area (Å²) >= 11 is 0. The maximum Gasteiger partial charge on any atom is 0.328 e. The minimum Gasteiger partial charge on any atom is -0.467 e. The number of carbonyl (C=O) groups is 2. The first-order valence-electron chi connectivity index (χ1n) is 7.44. The smallest absolute Gasteiger partial charge is 0.328 e. The number of unbranched alkanes of at least 4 members (excludes halogenated alkanes) is 2. The number of hydrogen-bond acceptors (Lipinski definition) is 4. The summed E-state index contributed by atoms with van der Waals surface area (Å²) in [5.74, 6) is -0.387. The van der Waals surface area contributed by atoms with Crippen LogP contribution in [0.4, 0.5) is 0 Å². The van der Waals surface area contributed by atoms with Crippen LogP contribution in [0.15, 0.2) is 0 Å². The van der Waals surface area contributed by atoms with Gasteiger partial charge in [-0.3, -0.25) is 4.79 Å². The highest BCUT2D eigenvalue weighted by Gasteiger charge is 2.26.